The molecule has 1 fully saturated rings. The Bertz CT molecular complexity index is 1960. The van der Waals surface area contributed by atoms with Gasteiger partial charge in [-0.05, 0) is 49.6 Å². The molecule has 1 saturated carbocycles. The lowest BCUT2D eigenvalue weighted by molar-refractivity contribution is -0.123. The molecule has 2 atom stereocenters. The molecule has 2 aliphatic rings. The summed E-state index contributed by atoms with van der Waals surface area (Å²) < 4.78 is 35.3. The van der Waals surface area contributed by atoms with Crippen LogP contribution in [0.2, 0.25) is 10.0 Å². The van der Waals surface area contributed by atoms with Crippen LogP contribution in [0.3, 0.4) is 0 Å². The molecule has 4 aromatic rings. The molecule has 0 unspecified atom stereocenters. The maximum atomic E-state index is 15.3. The fourth-order valence-corrected chi connectivity index (χ4v) is 5.73. The number of benzene rings is 3. The summed E-state index contributed by atoms with van der Waals surface area (Å²) in [5.74, 6) is -3.31. The van der Waals surface area contributed by atoms with Gasteiger partial charge < -0.3 is 26.6 Å². The van der Waals surface area contributed by atoms with Crippen molar-refractivity contribution in [1.29, 1.82) is 0 Å². The van der Waals surface area contributed by atoms with Gasteiger partial charge in [0.2, 0.25) is 5.91 Å². The summed E-state index contributed by atoms with van der Waals surface area (Å²) >= 11 is 12.4. The zero-order chi connectivity index (χ0) is 33.7. The van der Waals surface area contributed by atoms with E-state index in [2.05, 4.69) is 15.3 Å². The van der Waals surface area contributed by atoms with Gasteiger partial charge in [-0.2, -0.15) is 0 Å². The molecule has 0 saturated heterocycles. The van der Waals surface area contributed by atoms with E-state index in [0.717, 1.165) is 18.9 Å². The van der Waals surface area contributed by atoms with Gasteiger partial charge in [0.05, 0.1) is 34.0 Å². The van der Waals surface area contributed by atoms with E-state index in [-0.39, 0.29) is 62.2 Å². The second-order valence-corrected chi connectivity index (χ2v) is 12.7. The number of nitrogens with two attached hydrogens (primary N) is 2. The Balaban J connectivity index is 1.46. The third kappa shape index (κ3) is 6.02. The summed E-state index contributed by atoms with van der Waals surface area (Å²) in [6.07, 6.45) is 3.55. The minimum Gasteiger partial charge on any atom is -0.489 e. The maximum absolute atomic E-state index is 15.3. The Morgan fingerprint density at radius 2 is 1.85 bits per heavy atom. The summed E-state index contributed by atoms with van der Waals surface area (Å²) in [5.41, 5.74) is 9.43. The Hall–Kier alpha value is -4.58. The number of aliphatic hydroxyl groups is 1. The average Bonchev–Trinajstić information content (AvgIpc) is 3.82. The number of aromatic nitrogens is 1. The average molecular weight is 681 g/mol. The first-order valence-electron chi connectivity index (χ1n) is 14.6. The van der Waals surface area contributed by atoms with Gasteiger partial charge in [0, 0.05) is 34.5 Å². The number of nitrogen functional groups attached to an aromatic ring is 1. The molecular weight excluding hydrogens is 651 g/mol. The van der Waals surface area contributed by atoms with E-state index in [1.165, 1.54) is 12.1 Å². The monoisotopic (exact) mass is 679 g/mol. The lowest BCUT2D eigenvalue weighted by Crippen LogP contribution is -2.43. The van der Waals surface area contributed by atoms with Crippen LogP contribution in [0, 0.1) is 11.6 Å². The lowest BCUT2D eigenvalue weighted by Gasteiger charge is -2.30. The summed E-state index contributed by atoms with van der Waals surface area (Å²) in [6.45, 7) is 0.910. The van der Waals surface area contributed by atoms with Gasteiger partial charge in [0.1, 0.15) is 40.7 Å². The third-order valence-electron chi connectivity index (χ3n) is 8.46. The summed E-state index contributed by atoms with van der Waals surface area (Å²) in [6, 6.07) is 14.6. The number of carbonyl (C=O) groups is 2. The first-order chi connectivity index (χ1) is 22.3. The topological polar surface area (TPSA) is 153 Å². The van der Waals surface area contributed by atoms with E-state index >= 15 is 4.39 Å². The van der Waals surface area contributed by atoms with Crippen molar-refractivity contribution in [1.82, 2.24) is 10.3 Å². The van der Waals surface area contributed by atoms with Gasteiger partial charge in [-0.15, -0.1) is 0 Å². The Kier molecular flexibility index (Phi) is 8.41. The normalized spacial score (nSPS) is 18.4. The van der Waals surface area contributed by atoms with Gasteiger partial charge in [-0.25, -0.2) is 13.8 Å². The molecule has 1 aliphatic carbocycles. The van der Waals surface area contributed by atoms with Gasteiger partial charge in [-0.1, -0.05) is 53.5 Å². The van der Waals surface area contributed by atoms with Crippen LogP contribution in [0.4, 0.5) is 14.5 Å². The Morgan fingerprint density at radius 1 is 1.13 bits per heavy atom. The zero-order valence-electron chi connectivity index (χ0n) is 25.0. The van der Waals surface area contributed by atoms with Crippen LogP contribution in [0.1, 0.15) is 52.5 Å². The molecule has 3 aromatic carbocycles. The molecule has 6 N–H and O–H groups in total. The molecule has 6 rings (SSSR count). The number of rotatable bonds is 9. The predicted molar refractivity (Wildman–Crippen MR) is 175 cm³/mol. The van der Waals surface area contributed by atoms with Gasteiger partial charge in [-0.3, -0.25) is 14.6 Å². The van der Waals surface area contributed by atoms with E-state index in [1.54, 1.807) is 49.5 Å². The second kappa shape index (κ2) is 12.2. The lowest BCUT2D eigenvalue weighted by atomic mass is 9.80. The highest BCUT2D eigenvalue weighted by Gasteiger charge is 2.46. The second-order valence-electron chi connectivity index (χ2n) is 11.8. The fraction of sp³-hybridized carbons (Fsp3) is 0.235. The number of anilines is 1. The van der Waals surface area contributed by atoms with Crippen LogP contribution < -0.4 is 21.5 Å². The van der Waals surface area contributed by atoms with Gasteiger partial charge in [0.15, 0.2) is 0 Å². The third-order valence-corrected chi connectivity index (χ3v) is 9.06. The minimum atomic E-state index is -2.06. The SMILES string of the molecule is C[C@]1(C(N)=O)COc2c1cc([C@@](O)(CNC(=O)c1cc(Cl)c(N)c(C=NC3CC3)c1)c1ccccc1)nc2-c1cc(Cl)c(F)cc1F. The number of primary amides is 1. The molecule has 2 amide bonds. The molecule has 9 nitrogen and oxygen atoms in total. The smallest absolute Gasteiger partial charge is 0.251 e. The number of nitrogens with zero attached hydrogens (tertiary/aromatic N) is 2. The van der Waals surface area contributed by atoms with Crippen LogP contribution in [0.15, 0.2) is 65.7 Å². The van der Waals surface area contributed by atoms with Crippen molar-refractivity contribution in [3.63, 3.8) is 0 Å². The summed E-state index contributed by atoms with van der Waals surface area (Å²) in [4.78, 5) is 35.3. The van der Waals surface area contributed by atoms with Crippen molar-refractivity contribution in [2.45, 2.75) is 36.8 Å². The number of nitrogens with one attached hydrogen (secondary N) is 1. The molecular formula is C34H29Cl2F2N5O4. The number of ether oxygens (including phenoxy) is 1. The number of amides is 2. The van der Waals surface area contributed by atoms with Crippen molar-refractivity contribution >= 4 is 46.9 Å². The molecule has 0 spiro atoms. The van der Waals surface area contributed by atoms with E-state index in [0.29, 0.717) is 17.2 Å². The summed E-state index contributed by atoms with van der Waals surface area (Å²) in [7, 11) is 0. The Morgan fingerprint density at radius 3 is 2.53 bits per heavy atom. The zero-order valence-corrected chi connectivity index (χ0v) is 26.5. The number of fused-ring (bicyclic) bond motifs is 1. The van der Waals surface area contributed by atoms with Crippen LogP contribution in [0.25, 0.3) is 11.3 Å². The van der Waals surface area contributed by atoms with Crippen molar-refractivity contribution in [2.75, 3.05) is 18.9 Å². The maximum Gasteiger partial charge on any atom is 0.251 e. The number of hydrogen-bond acceptors (Lipinski definition) is 7. The van der Waals surface area contributed by atoms with Crippen LogP contribution in [-0.2, 0) is 15.8 Å². The molecule has 242 valence electrons. The molecule has 0 bridgehead atoms. The van der Waals surface area contributed by atoms with Gasteiger partial charge in [0.25, 0.3) is 5.91 Å². The van der Waals surface area contributed by atoms with Gasteiger partial charge >= 0.3 is 0 Å². The molecule has 1 aliphatic heterocycles. The van der Waals surface area contributed by atoms with E-state index in [1.807, 2.05) is 0 Å². The van der Waals surface area contributed by atoms with Crippen LogP contribution >= 0.6 is 23.2 Å². The number of halogens is 4. The molecule has 2 heterocycles. The molecule has 13 heteroatoms. The van der Waals surface area contributed by atoms with E-state index < -0.39 is 41.0 Å². The minimum absolute atomic E-state index is 0.0213. The van der Waals surface area contributed by atoms with Crippen molar-refractivity contribution in [3.05, 3.63) is 110 Å². The van der Waals surface area contributed by atoms with Crippen molar-refractivity contribution in [2.24, 2.45) is 10.7 Å². The molecule has 47 heavy (non-hydrogen) atoms. The number of carbonyl (C=O) groups excluding carboxylic acids is 2. The Labute approximate surface area is 278 Å². The predicted octanol–water partition coefficient (Wildman–Crippen LogP) is 5.30. The highest BCUT2D eigenvalue weighted by molar-refractivity contribution is 6.34. The largest absolute Gasteiger partial charge is 0.489 e. The fourth-order valence-electron chi connectivity index (χ4n) is 5.34. The van der Waals surface area contributed by atoms with E-state index in [9.17, 15) is 19.1 Å². The highest BCUT2D eigenvalue weighted by Crippen LogP contribution is 2.47. The van der Waals surface area contributed by atoms with E-state index in [4.69, 9.17) is 39.4 Å². The van der Waals surface area contributed by atoms with Crippen molar-refractivity contribution < 1.29 is 28.2 Å². The number of aliphatic imine (C=N–C) groups is 1. The summed E-state index contributed by atoms with van der Waals surface area (Å²) in [5, 5.41) is 15.0. The molecule has 1 aromatic heterocycles. The van der Waals surface area contributed by atoms with Crippen LogP contribution in [-0.4, -0.2) is 47.3 Å². The van der Waals surface area contributed by atoms with Crippen LogP contribution in [0.5, 0.6) is 5.75 Å². The number of hydrogen-bond donors (Lipinski definition) is 4. The highest BCUT2D eigenvalue weighted by atomic mass is 35.5. The molecule has 0 radical (unpaired) electrons. The first kappa shape index (κ1) is 32.4. The van der Waals surface area contributed by atoms with Crippen molar-refractivity contribution in [3.8, 4) is 17.0 Å². The first-order valence-corrected chi connectivity index (χ1v) is 15.4. The quantitative estimate of drug-likeness (QED) is 0.107. The standard InChI is InChI=1S/C34H29Cl2F2N5O4/c1-33(32(40)45)16-47-30-22(33)12-27(43-29(30)21-11-23(35)26(38)13-25(21)37)34(46,19-5-3-2-4-6-19)15-42-31(44)17-9-18(14-41-20-7-8-20)28(39)24(36)10-17/h2-6,9-14,20,46H,7-8,15-16,39H2,1H3,(H2,40,45)(H,42,44)/t33-,34+/m0/s1. The number of pyridine rings is 1.